The molecular weight excluding hydrogens is 417 g/mol. The summed E-state index contributed by atoms with van der Waals surface area (Å²) in [5.41, 5.74) is 2.13. The maximum atomic E-state index is 13.7. The van der Waals surface area contributed by atoms with Crippen LogP contribution in [-0.4, -0.2) is 38.5 Å². The Morgan fingerprint density at radius 1 is 1.07 bits per heavy atom. The minimum absolute atomic E-state index is 0.0411. The summed E-state index contributed by atoms with van der Waals surface area (Å²) in [6.07, 6.45) is 0.280. The van der Waals surface area contributed by atoms with Crippen molar-refractivity contribution in [3.05, 3.63) is 65.5 Å². The van der Waals surface area contributed by atoms with Gasteiger partial charge in [0.2, 0.25) is 20.0 Å². The van der Waals surface area contributed by atoms with Gasteiger partial charge in [-0.25, -0.2) is 21.2 Å². The third-order valence-corrected chi connectivity index (χ3v) is 7.57. The first-order valence-corrected chi connectivity index (χ1v) is 12.4. The maximum absolute atomic E-state index is 13.7. The van der Waals surface area contributed by atoms with Crippen LogP contribution in [-0.2, 0) is 20.0 Å². The Bertz CT molecular complexity index is 1130. The summed E-state index contributed by atoms with van der Waals surface area (Å²) in [4.78, 5) is 0. The number of hydrogen-bond donors (Lipinski definition) is 1. The largest absolute Gasteiger partial charge is 0.284 e. The molecular formula is C19H22FN3O4S2. The van der Waals surface area contributed by atoms with E-state index in [2.05, 4.69) is 9.82 Å². The van der Waals surface area contributed by atoms with Crippen molar-refractivity contribution in [3.8, 4) is 0 Å². The van der Waals surface area contributed by atoms with Crippen molar-refractivity contribution < 1.29 is 21.2 Å². The number of benzene rings is 2. The molecule has 29 heavy (non-hydrogen) atoms. The number of nitrogens with one attached hydrogen (secondary N) is 1. The third-order valence-electron chi connectivity index (χ3n) is 4.63. The van der Waals surface area contributed by atoms with Crippen molar-refractivity contribution in [2.75, 3.05) is 16.2 Å². The van der Waals surface area contributed by atoms with Crippen LogP contribution in [0.2, 0.25) is 0 Å². The van der Waals surface area contributed by atoms with Crippen LogP contribution in [0.5, 0.6) is 0 Å². The highest BCUT2D eigenvalue weighted by Gasteiger charge is 2.35. The molecule has 1 atom stereocenters. The van der Waals surface area contributed by atoms with Gasteiger partial charge in [-0.15, -0.1) is 0 Å². The fourth-order valence-corrected chi connectivity index (χ4v) is 4.71. The SMILES string of the molecule is CCS(=O)(=O)Nc1ccc(C2=NN(S(=O)(=O)CC)[C@H](c3cccc(F)c3)C2)cc1. The predicted molar refractivity (Wildman–Crippen MR) is 111 cm³/mol. The second kappa shape index (κ2) is 8.11. The summed E-state index contributed by atoms with van der Waals surface area (Å²) in [7, 11) is -7.04. The molecule has 0 aliphatic carbocycles. The van der Waals surface area contributed by atoms with Crippen LogP contribution in [0.3, 0.4) is 0 Å². The molecule has 156 valence electrons. The van der Waals surface area contributed by atoms with Crippen molar-refractivity contribution >= 4 is 31.4 Å². The van der Waals surface area contributed by atoms with Crippen molar-refractivity contribution in [1.29, 1.82) is 0 Å². The van der Waals surface area contributed by atoms with Gasteiger partial charge in [0.1, 0.15) is 5.82 Å². The van der Waals surface area contributed by atoms with E-state index in [9.17, 15) is 21.2 Å². The zero-order chi connectivity index (χ0) is 21.2. The monoisotopic (exact) mass is 439 g/mol. The first kappa shape index (κ1) is 21.3. The standard InChI is InChI=1S/C19H22FN3O4S2/c1-3-28(24,25)22-17-10-8-14(9-11-17)18-13-19(15-6-5-7-16(20)12-15)23(21-18)29(26,27)4-2/h5-12,19,22H,3-4,13H2,1-2H3/t19-/m0/s1. The summed E-state index contributed by atoms with van der Waals surface area (Å²) < 4.78 is 65.6. The zero-order valence-corrected chi connectivity index (χ0v) is 17.7. The molecule has 2 aromatic carbocycles. The predicted octanol–water partition coefficient (Wildman–Crippen LogP) is 3.09. The van der Waals surface area contributed by atoms with E-state index >= 15 is 0 Å². The molecule has 1 aliphatic heterocycles. The van der Waals surface area contributed by atoms with Gasteiger partial charge in [-0.1, -0.05) is 24.3 Å². The Balaban J connectivity index is 1.92. The molecule has 1 N–H and O–H groups in total. The normalized spacial score (nSPS) is 17.3. The van der Waals surface area contributed by atoms with Gasteiger partial charge in [0, 0.05) is 12.1 Å². The highest BCUT2D eigenvalue weighted by Crippen LogP contribution is 2.35. The van der Waals surface area contributed by atoms with Crippen molar-refractivity contribution in [2.24, 2.45) is 5.10 Å². The summed E-state index contributed by atoms with van der Waals surface area (Å²) in [5, 5.41) is 4.31. The summed E-state index contributed by atoms with van der Waals surface area (Å²) >= 11 is 0. The molecule has 0 bridgehead atoms. The van der Waals surface area contributed by atoms with Crippen molar-refractivity contribution in [2.45, 2.75) is 26.3 Å². The van der Waals surface area contributed by atoms with Gasteiger partial charge in [0.25, 0.3) is 0 Å². The first-order valence-electron chi connectivity index (χ1n) is 9.11. The zero-order valence-electron chi connectivity index (χ0n) is 16.0. The lowest BCUT2D eigenvalue weighted by Crippen LogP contribution is -2.28. The van der Waals surface area contributed by atoms with Gasteiger partial charge in [-0.05, 0) is 49.2 Å². The van der Waals surface area contributed by atoms with E-state index in [1.807, 2.05) is 0 Å². The highest BCUT2D eigenvalue weighted by molar-refractivity contribution is 7.92. The molecule has 1 aliphatic rings. The van der Waals surface area contributed by atoms with E-state index in [-0.39, 0.29) is 17.9 Å². The number of hydrazone groups is 1. The lowest BCUT2D eigenvalue weighted by Gasteiger charge is -2.22. The van der Waals surface area contributed by atoms with E-state index in [4.69, 9.17) is 0 Å². The number of hydrogen-bond acceptors (Lipinski definition) is 5. The molecule has 2 aromatic rings. The van der Waals surface area contributed by atoms with E-state index in [1.165, 1.54) is 25.1 Å². The molecule has 1 heterocycles. The molecule has 0 saturated carbocycles. The highest BCUT2D eigenvalue weighted by atomic mass is 32.2. The van der Waals surface area contributed by atoms with Crippen LogP contribution in [0.25, 0.3) is 0 Å². The molecule has 0 aromatic heterocycles. The molecule has 0 unspecified atom stereocenters. The van der Waals surface area contributed by atoms with Gasteiger partial charge in [-0.2, -0.15) is 9.52 Å². The Hall–Kier alpha value is -2.46. The average molecular weight is 440 g/mol. The van der Waals surface area contributed by atoms with Gasteiger partial charge >= 0.3 is 0 Å². The summed E-state index contributed by atoms with van der Waals surface area (Å²) in [5.74, 6) is -0.620. The molecule has 0 amide bonds. The Kier molecular flexibility index (Phi) is 5.95. The molecule has 0 fully saturated rings. The maximum Gasteiger partial charge on any atom is 0.250 e. The van der Waals surface area contributed by atoms with Gasteiger partial charge in [0.15, 0.2) is 0 Å². The minimum atomic E-state index is -3.65. The van der Waals surface area contributed by atoms with Gasteiger partial charge < -0.3 is 0 Å². The van der Waals surface area contributed by atoms with Crippen molar-refractivity contribution in [1.82, 2.24) is 4.41 Å². The van der Waals surface area contributed by atoms with E-state index in [0.717, 1.165) is 4.41 Å². The Morgan fingerprint density at radius 3 is 2.34 bits per heavy atom. The summed E-state index contributed by atoms with van der Waals surface area (Å²) in [6.45, 7) is 3.07. The van der Waals surface area contributed by atoms with E-state index in [0.29, 0.717) is 22.5 Å². The average Bonchev–Trinajstić information content (AvgIpc) is 3.15. The van der Waals surface area contributed by atoms with Crippen LogP contribution in [0.15, 0.2) is 53.6 Å². The number of sulfonamides is 2. The molecule has 10 heteroatoms. The van der Waals surface area contributed by atoms with Crippen LogP contribution in [0, 0.1) is 5.82 Å². The molecule has 7 nitrogen and oxygen atoms in total. The van der Waals surface area contributed by atoms with E-state index in [1.54, 1.807) is 37.3 Å². The Morgan fingerprint density at radius 2 is 1.76 bits per heavy atom. The molecule has 0 spiro atoms. The smallest absolute Gasteiger partial charge is 0.250 e. The number of rotatable bonds is 7. The fraction of sp³-hybridized carbons (Fsp3) is 0.316. The minimum Gasteiger partial charge on any atom is -0.284 e. The third kappa shape index (κ3) is 4.76. The quantitative estimate of drug-likeness (QED) is 0.717. The fourth-order valence-electron chi connectivity index (χ4n) is 3.00. The second-order valence-electron chi connectivity index (χ2n) is 6.58. The van der Waals surface area contributed by atoms with Crippen LogP contribution in [0.4, 0.5) is 10.1 Å². The lowest BCUT2D eigenvalue weighted by atomic mass is 9.99. The second-order valence-corrected chi connectivity index (χ2v) is 10.7. The van der Waals surface area contributed by atoms with Crippen LogP contribution >= 0.6 is 0 Å². The number of nitrogens with zero attached hydrogens (tertiary/aromatic N) is 2. The molecule has 0 radical (unpaired) electrons. The summed E-state index contributed by atoms with van der Waals surface area (Å²) in [6, 6.07) is 11.7. The topological polar surface area (TPSA) is 95.9 Å². The van der Waals surface area contributed by atoms with E-state index < -0.39 is 31.9 Å². The lowest BCUT2D eigenvalue weighted by molar-refractivity contribution is 0.371. The van der Waals surface area contributed by atoms with Crippen molar-refractivity contribution in [3.63, 3.8) is 0 Å². The number of anilines is 1. The molecule has 3 rings (SSSR count). The Labute approximate surface area is 170 Å². The number of halogens is 1. The van der Waals surface area contributed by atoms with Gasteiger partial charge in [-0.3, -0.25) is 4.72 Å². The first-order chi connectivity index (χ1) is 13.6. The van der Waals surface area contributed by atoms with Crippen LogP contribution < -0.4 is 4.72 Å². The van der Waals surface area contributed by atoms with Crippen LogP contribution in [0.1, 0.15) is 37.4 Å². The van der Waals surface area contributed by atoms with Gasteiger partial charge in [0.05, 0.1) is 23.3 Å². The molecule has 0 saturated heterocycles.